The molecule has 1 heterocycles. The fourth-order valence-corrected chi connectivity index (χ4v) is 1.95. The van der Waals surface area contributed by atoms with Crippen molar-refractivity contribution < 1.29 is 0 Å². The number of hydrogen-bond donors (Lipinski definition) is 0. The van der Waals surface area contributed by atoms with Gasteiger partial charge in [0.15, 0.2) is 0 Å². The van der Waals surface area contributed by atoms with Gasteiger partial charge in [-0.3, -0.25) is 0 Å². The summed E-state index contributed by atoms with van der Waals surface area (Å²) in [7, 11) is 2.07. The first-order valence-electron chi connectivity index (χ1n) is 5.09. The van der Waals surface area contributed by atoms with Crippen molar-refractivity contribution >= 4 is 32.9 Å². The predicted octanol–water partition coefficient (Wildman–Crippen LogP) is 3.98. The predicted molar refractivity (Wildman–Crippen MR) is 70.4 cm³/mol. The third kappa shape index (κ3) is 2.32. The molecule has 0 aliphatic heterocycles. The van der Waals surface area contributed by atoms with Crippen LogP contribution in [0.1, 0.15) is 12.0 Å². The van der Waals surface area contributed by atoms with Crippen LogP contribution in [0, 0.1) is 0 Å². The van der Waals surface area contributed by atoms with Crippen LogP contribution in [-0.2, 0) is 7.05 Å². The third-order valence-corrected chi connectivity index (χ3v) is 2.95. The number of rotatable bonds is 3. The molecule has 0 amide bonds. The van der Waals surface area contributed by atoms with E-state index in [1.165, 1.54) is 16.5 Å². The molecule has 0 radical (unpaired) electrons. The lowest BCUT2D eigenvalue weighted by molar-refractivity contribution is 0.969. The average molecular weight is 264 g/mol. The molecule has 78 valence electrons. The minimum absolute atomic E-state index is 1.02. The molecule has 0 N–H and O–H groups in total. The smallest absolute Gasteiger partial charge is 0.0478 e. The summed E-state index contributed by atoms with van der Waals surface area (Å²) in [6.45, 7) is 0. The van der Waals surface area contributed by atoms with E-state index in [0.29, 0.717) is 0 Å². The maximum atomic E-state index is 3.41. The van der Waals surface area contributed by atoms with Crippen molar-refractivity contribution in [3.05, 3.63) is 42.1 Å². The summed E-state index contributed by atoms with van der Waals surface area (Å²) in [5.41, 5.74) is 2.56. The van der Waals surface area contributed by atoms with Gasteiger partial charge in [0.05, 0.1) is 0 Å². The summed E-state index contributed by atoms with van der Waals surface area (Å²) in [5, 5.41) is 2.33. The van der Waals surface area contributed by atoms with Gasteiger partial charge in [-0.05, 0) is 30.2 Å². The molecule has 0 aliphatic rings. The highest BCUT2D eigenvalue weighted by molar-refractivity contribution is 9.09. The van der Waals surface area contributed by atoms with Crippen molar-refractivity contribution in [3.8, 4) is 0 Å². The zero-order valence-electron chi connectivity index (χ0n) is 8.78. The largest absolute Gasteiger partial charge is 0.351 e. The van der Waals surface area contributed by atoms with Crippen molar-refractivity contribution in [1.29, 1.82) is 0 Å². The molecule has 1 nitrogen and oxygen atoms in total. The fraction of sp³-hybridized carbons (Fsp3) is 0.231. The van der Waals surface area contributed by atoms with E-state index in [1.54, 1.807) is 0 Å². The van der Waals surface area contributed by atoms with Crippen LogP contribution in [-0.4, -0.2) is 9.90 Å². The Kier molecular flexibility index (Phi) is 3.27. The van der Waals surface area contributed by atoms with Crippen molar-refractivity contribution in [1.82, 2.24) is 4.57 Å². The second-order valence-electron chi connectivity index (χ2n) is 3.62. The van der Waals surface area contributed by atoms with E-state index in [9.17, 15) is 0 Å². The zero-order chi connectivity index (χ0) is 10.7. The third-order valence-electron chi connectivity index (χ3n) is 2.50. The van der Waals surface area contributed by atoms with E-state index in [0.717, 1.165) is 11.8 Å². The Balaban J connectivity index is 2.31. The molecule has 2 rings (SSSR count). The zero-order valence-corrected chi connectivity index (χ0v) is 10.4. The minimum atomic E-state index is 1.02. The molecular formula is C13H14BrN. The van der Waals surface area contributed by atoms with Crippen LogP contribution in [0.25, 0.3) is 17.0 Å². The molecule has 1 aromatic carbocycles. The van der Waals surface area contributed by atoms with Gasteiger partial charge in [0.2, 0.25) is 0 Å². The number of benzene rings is 1. The summed E-state index contributed by atoms with van der Waals surface area (Å²) in [4.78, 5) is 0. The number of nitrogens with zero attached hydrogens (tertiary/aromatic N) is 1. The molecule has 2 heteroatoms. The topological polar surface area (TPSA) is 4.93 Å². The number of alkyl halides is 1. The number of allylic oxidation sites excluding steroid dienone is 1. The van der Waals surface area contributed by atoms with E-state index < -0.39 is 0 Å². The van der Waals surface area contributed by atoms with Gasteiger partial charge in [0.1, 0.15) is 0 Å². The molecule has 0 aliphatic carbocycles. The number of aryl methyl sites for hydroxylation is 1. The Bertz CT molecular complexity index is 482. The first-order chi connectivity index (χ1) is 7.31. The molecule has 0 fully saturated rings. The highest BCUT2D eigenvalue weighted by Crippen LogP contribution is 2.17. The molecule has 0 bridgehead atoms. The standard InChI is InChI=1S/C13H14BrN/c1-15-9-7-12-10-11(4-2-3-8-14)5-6-13(12)15/h2,4-7,9-10H,3,8H2,1H3. The molecule has 0 saturated carbocycles. The highest BCUT2D eigenvalue weighted by atomic mass is 79.9. The van der Waals surface area contributed by atoms with Gasteiger partial charge in [0, 0.05) is 29.5 Å². The van der Waals surface area contributed by atoms with Crippen molar-refractivity contribution in [2.24, 2.45) is 7.05 Å². The van der Waals surface area contributed by atoms with E-state index in [-0.39, 0.29) is 0 Å². The van der Waals surface area contributed by atoms with E-state index in [4.69, 9.17) is 0 Å². The Morgan fingerprint density at radius 1 is 1.33 bits per heavy atom. The molecule has 2 aromatic rings. The van der Waals surface area contributed by atoms with Gasteiger partial charge in [0.25, 0.3) is 0 Å². The number of halogens is 1. The molecule has 0 atom stereocenters. The van der Waals surface area contributed by atoms with E-state index >= 15 is 0 Å². The fourth-order valence-electron chi connectivity index (χ4n) is 1.69. The molecular weight excluding hydrogens is 250 g/mol. The first-order valence-corrected chi connectivity index (χ1v) is 6.21. The lowest BCUT2D eigenvalue weighted by atomic mass is 10.1. The SMILES string of the molecule is Cn1ccc2cc(C=CCCBr)ccc21. The van der Waals surface area contributed by atoms with Crippen LogP contribution in [0.15, 0.2) is 36.5 Å². The van der Waals surface area contributed by atoms with Crippen LogP contribution in [0.4, 0.5) is 0 Å². The summed E-state index contributed by atoms with van der Waals surface area (Å²) in [5.74, 6) is 0. The van der Waals surface area contributed by atoms with Gasteiger partial charge in [-0.2, -0.15) is 0 Å². The lowest BCUT2D eigenvalue weighted by Crippen LogP contribution is -1.83. The Morgan fingerprint density at radius 2 is 2.20 bits per heavy atom. The first kappa shape index (κ1) is 10.5. The van der Waals surface area contributed by atoms with Gasteiger partial charge in [-0.25, -0.2) is 0 Å². The minimum Gasteiger partial charge on any atom is -0.351 e. The maximum Gasteiger partial charge on any atom is 0.0478 e. The number of aromatic nitrogens is 1. The van der Waals surface area contributed by atoms with Gasteiger partial charge in [-0.1, -0.05) is 34.1 Å². The lowest BCUT2D eigenvalue weighted by Gasteiger charge is -1.97. The second-order valence-corrected chi connectivity index (χ2v) is 4.42. The van der Waals surface area contributed by atoms with Gasteiger partial charge >= 0.3 is 0 Å². The van der Waals surface area contributed by atoms with Crippen LogP contribution >= 0.6 is 15.9 Å². The normalized spacial score (nSPS) is 11.6. The van der Waals surface area contributed by atoms with Gasteiger partial charge in [-0.15, -0.1) is 0 Å². The average Bonchev–Trinajstić information content (AvgIpc) is 2.61. The Hall–Kier alpha value is -1.02. The summed E-state index contributed by atoms with van der Waals surface area (Å²) >= 11 is 3.41. The van der Waals surface area contributed by atoms with Crippen LogP contribution in [0.5, 0.6) is 0 Å². The summed E-state index contributed by atoms with van der Waals surface area (Å²) in [6, 6.07) is 8.70. The van der Waals surface area contributed by atoms with Gasteiger partial charge < -0.3 is 4.57 Å². The van der Waals surface area contributed by atoms with E-state index in [2.05, 4.69) is 70.2 Å². The van der Waals surface area contributed by atoms with Crippen molar-refractivity contribution in [2.45, 2.75) is 6.42 Å². The highest BCUT2D eigenvalue weighted by Gasteiger charge is 1.96. The summed E-state index contributed by atoms with van der Waals surface area (Å²) < 4.78 is 2.14. The number of hydrogen-bond acceptors (Lipinski definition) is 0. The van der Waals surface area contributed by atoms with Crippen molar-refractivity contribution in [3.63, 3.8) is 0 Å². The van der Waals surface area contributed by atoms with Crippen LogP contribution in [0.3, 0.4) is 0 Å². The maximum absolute atomic E-state index is 3.41. The summed E-state index contributed by atoms with van der Waals surface area (Å²) in [6.07, 6.45) is 7.54. The molecule has 0 spiro atoms. The second kappa shape index (κ2) is 4.67. The van der Waals surface area contributed by atoms with Crippen molar-refractivity contribution in [2.75, 3.05) is 5.33 Å². The Morgan fingerprint density at radius 3 is 3.00 bits per heavy atom. The van der Waals surface area contributed by atoms with Crippen LogP contribution in [0.2, 0.25) is 0 Å². The quantitative estimate of drug-likeness (QED) is 0.739. The molecule has 0 saturated heterocycles. The monoisotopic (exact) mass is 263 g/mol. The van der Waals surface area contributed by atoms with Crippen LogP contribution < -0.4 is 0 Å². The number of fused-ring (bicyclic) bond motifs is 1. The molecule has 0 unspecified atom stereocenters. The Labute approximate surface area is 98.5 Å². The van der Waals surface area contributed by atoms with E-state index in [1.807, 2.05) is 0 Å². The molecule has 1 aromatic heterocycles. The molecule has 15 heavy (non-hydrogen) atoms.